The highest BCUT2D eigenvalue weighted by Gasteiger charge is 2.37. The van der Waals surface area contributed by atoms with Crippen molar-refractivity contribution >= 4 is 54.4 Å². The molecule has 2 aliphatic carbocycles. The SMILES string of the molecule is CC1(C)c2ccccc2-c2ccc(-c3nc4ccc(-n5c6ccc7ccccc7c6c6ccc7ccccc7c65)cc4nc3-c3ccc4c(c3)C(C)(C)c3ccccc3-4)cc21. The zero-order chi connectivity index (χ0) is 40.8. The van der Waals surface area contributed by atoms with Gasteiger partial charge < -0.3 is 4.57 Å². The molecule has 2 aromatic heterocycles. The molecule has 0 N–H and O–H groups in total. The Balaban J connectivity index is 1.07. The Hall–Kier alpha value is -7.36. The van der Waals surface area contributed by atoms with Crippen molar-refractivity contribution in [3.8, 4) is 50.5 Å². The van der Waals surface area contributed by atoms with E-state index in [1.165, 1.54) is 87.9 Å². The molecule has 2 heterocycles. The van der Waals surface area contributed by atoms with Gasteiger partial charge in [0, 0.05) is 43.8 Å². The van der Waals surface area contributed by atoms with Crippen LogP contribution in [0.15, 0.2) is 176 Å². The molecule has 0 unspecified atom stereocenters. The minimum absolute atomic E-state index is 0.136. The number of nitrogens with zero attached hydrogens (tertiary/aromatic N) is 3. The van der Waals surface area contributed by atoms with Crippen molar-refractivity contribution < 1.29 is 0 Å². The van der Waals surface area contributed by atoms with Crippen molar-refractivity contribution in [3.05, 3.63) is 198 Å². The van der Waals surface area contributed by atoms with Crippen molar-refractivity contribution in [2.45, 2.75) is 38.5 Å². The molecule has 13 rings (SSSR count). The molecule has 2 aliphatic rings. The van der Waals surface area contributed by atoms with Crippen LogP contribution < -0.4 is 0 Å². The fourth-order valence-electron chi connectivity index (χ4n) is 11.1. The molecule has 0 aliphatic heterocycles. The molecular weight excluding hydrogens is 739 g/mol. The van der Waals surface area contributed by atoms with Gasteiger partial charge in [0.15, 0.2) is 0 Å². The van der Waals surface area contributed by atoms with Crippen molar-refractivity contribution in [2.75, 3.05) is 0 Å². The molecular formula is C58H41N3. The minimum Gasteiger partial charge on any atom is -0.309 e. The number of hydrogen-bond acceptors (Lipinski definition) is 2. The summed E-state index contributed by atoms with van der Waals surface area (Å²) in [7, 11) is 0. The largest absolute Gasteiger partial charge is 0.309 e. The number of hydrogen-bond donors (Lipinski definition) is 0. The van der Waals surface area contributed by atoms with Gasteiger partial charge in [-0.05, 0) is 97.1 Å². The molecule has 61 heavy (non-hydrogen) atoms. The van der Waals surface area contributed by atoms with Crippen LogP contribution in [0.4, 0.5) is 0 Å². The van der Waals surface area contributed by atoms with Gasteiger partial charge in [-0.2, -0.15) is 0 Å². The Morgan fingerprint density at radius 2 is 0.918 bits per heavy atom. The first-order chi connectivity index (χ1) is 29.8. The lowest BCUT2D eigenvalue weighted by atomic mass is 9.81. The molecule has 0 amide bonds. The Bertz CT molecular complexity index is 3710. The first-order valence-electron chi connectivity index (χ1n) is 21.4. The van der Waals surface area contributed by atoms with Crippen LogP contribution >= 0.6 is 0 Å². The van der Waals surface area contributed by atoms with E-state index in [9.17, 15) is 0 Å². The van der Waals surface area contributed by atoms with E-state index in [0.717, 1.165) is 39.2 Å². The second kappa shape index (κ2) is 12.1. The molecule has 0 fully saturated rings. The fourth-order valence-corrected chi connectivity index (χ4v) is 11.1. The molecule has 11 aromatic rings. The summed E-state index contributed by atoms with van der Waals surface area (Å²) in [6, 6.07) is 64.8. The Kier molecular flexibility index (Phi) is 6.85. The molecule has 288 valence electrons. The maximum Gasteiger partial charge on any atom is 0.0973 e. The number of benzene rings is 9. The summed E-state index contributed by atoms with van der Waals surface area (Å²) < 4.78 is 2.45. The van der Waals surface area contributed by atoms with Crippen molar-refractivity contribution in [1.29, 1.82) is 0 Å². The lowest BCUT2D eigenvalue weighted by Gasteiger charge is -2.23. The van der Waals surface area contributed by atoms with Gasteiger partial charge in [0.05, 0.1) is 33.5 Å². The van der Waals surface area contributed by atoms with Gasteiger partial charge in [0.25, 0.3) is 0 Å². The molecule has 9 aromatic carbocycles. The van der Waals surface area contributed by atoms with E-state index >= 15 is 0 Å². The van der Waals surface area contributed by atoms with E-state index < -0.39 is 0 Å². The van der Waals surface area contributed by atoms with Crippen LogP contribution in [0.5, 0.6) is 0 Å². The van der Waals surface area contributed by atoms with Gasteiger partial charge in [-0.15, -0.1) is 0 Å². The van der Waals surface area contributed by atoms with Gasteiger partial charge in [0.2, 0.25) is 0 Å². The molecule has 0 spiro atoms. The zero-order valence-corrected chi connectivity index (χ0v) is 34.6. The fraction of sp³-hybridized carbons (Fsp3) is 0.103. The summed E-state index contributed by atoms with van der Waals surface area (Å²) in [5.41, 5.74) is 19.5. The van der Waals surface area contributed by atoms with E-state index in [2.05, 4.69) is 208 Å². The molecule has 3 heteroatoms. The van der Waals surface area contributed by atoms with Crippen LogP contribution in [0.2, 0.25) is 0 Å². The normalized spacial score (nSPS) is 14.5. The maximum absolute atomic E-state index is 5.68. The Morgan fingerprint density at radius 3 is 1.57 bits per heavy atom. The van der Waals surface area contributed by atoms with Gasteiger partial charge >= 0.3 is 0 Å². The van der Waals surface area contributed by atoms with E-state index in [4.69, 9.17) is 9.97 Å². The number of aromatic nitrogens is 3. The van der Waals surface area contributed by atoms with Gasteiger partial charge in [-0.1, -0.05) is 167 Å². The van der Waals surface area contributed by atoms with Crippen molar-refractivity contribution in [1.82, 2.24) is 14.5 Å². The van der Waals surface area contributed by atoms with Crippen LogP contribution in [-0.4, -0.2) is 14.5 Å². The topological polar surface area (TPSA) is 30.7 Å². The minimum atomic E-state index is -0.146. The van der Waals surface area contributed by atoms with Crippen LogP contribution in [0, 0.1) is 0 Å². The third-order valence-corrected chi connectivity index (χ3v) is 14.2. The summed E-state index contributed by atoms with van der Waals surface area (Å²) in [6.45, 7) is 9.38. The van der Waals surface area contributed by atoms with Crippen LogP contribution in [0.3, 0.4) is 0 Å². The summed E-state index contributed by atoms with van der Waals surface area (Å²) >= 11 is 0. The van der Waals surface area contributed by atoms with Crippen LogP contribution in [0.25, 0.3) is 105 Å². The Labute approximate surface area is 354 Å². The monoisotopic (exact) mass is 779 g/mol. The van der Waals surface area contributed by atoms with E-state index in [0.29, 0.717) is 0 Å². The first kappa shape index (κ1) is 34.5. The smallest absolute Gasteiger partial charge is 0.0973 e. The summed E-state index contributed by atoms with van der Waals surface area (Å²) in [4.78, 5) is 11.3. The average molecular weight is 780 g/mol. The third-order valence-electron chi connectivity index (χ3n) is 14.2. The second-order valence-electron chi connectivity index (χ2n) is 18.2. The zero-order valence-electron chi connectivity index (χ0n) is 34.6. The van der Waals surface area contributed by atoms with Crippen molar-refractivity contribution in [3.63, 3.8) is 0 Å². The highest BCUT2D eigenvalue weighted by Crippen LogP contribution is 2.52. The molecule has 0 saturated heterocycles. The van der Waals surface area contributed by atoms with Crippen LogP contribution in [-0.2, 0) is 10.8 Å². The van der Waals surface area contributed by atoms with Gasteiger partial charge in [0.1, 0.15) is 0 Å². The molecule has 0 atom stereocenters. The lowest BCUT2D eigenvalue weighted by Crippen LogP contribution is -2.15. The van der Waals surface area contributed by atoms with E-state index in [-0.39, 0.29) is 10.8 Å². The second-order valence-corrected chi connectivity index (χ2v) is 18.2. The quantitative estimate of drug-likeness (QED) is 0.179. The predicted molar refractivity (Wildman–Crippen MR) is 255 cm³/mol. The standard InChI is InChI=1S/C58H41N3/c1-57(2)46-19-11-9-17-41(46)43-26-22-36(31-48(43)57)54-55(37-23-27-44-42-18-10-12-20-47(42)58(3,4)49(44)32-37)60-51-33-38(25-29-50(51)59-54)61-52-30-24-34-13-5-7-15-39(34)53(52)45-28-21-35-14-6-8-16-40(35)56(45)61/h5-33H,1-4H3. The lowest BCUT2D eigenvalue weighted by molar-refractivity contribution is 0.660. The predicted octanol–water partition coefficient (Wildman–Crippen LogP) is 15.0. The number of rotatable bonds is 3. The third kappa shape index (κ3) is 4.69. The number of fused-ring (bicyclic) bond motifs is 14. The van der Waals surface area contributed by atoms with Crippen LogP contribution in [0.1, 0.15) is 49.9 Å². The highest BCUT2D eigenvalue weighted by molar-refractivity contribution is 6.26. The van der Waals surface area contributed by atoms with Gasteiger partial charge in [-0.25, -0.2) is 9.97 Å². The highest BCUT2D eigenvalue weighted by atomic mass is 15.0. The van der Waals surface area contributed by atoms with Crippen molar-refractivity contribution in [2.24, 2.45) is 0 Å². The summed E-state index contributed by atoms with van der Waals surface area (Å²) in [5.74, 6) is 0. The first-order valence-corrected chi connectivity index (χ1v) is 21.4. The van der Waals surface area contributed by atoms with E-state index in [1.807, 2.05) is 0 Å². The average Bonchev–Trinajstić information content (AvgIpc) is 3.85. The van der Waals surface area contributed by atoms with Gasteiger partial charge in [-0.3, -0.25) is 0 Å². The summed E-state index contributed by atoms with van der Waals surface area (Å²) in [5, 5.41) is 7.46. The maximum atomic E-state index is 5.68. The molecule has 0 bridgehead atoms. The molecule has 0 radical (unpaired) electrons. The Morgan fingerprint density at radius 1 is 0.393 bits per heavy atom. The molecule has 3 nitrogen and oxygen atoms in total. The molecule has 0 saturated carbocycles. The van der Waals surface area contributed by atoms with E-state index in [1.54, 1.807) is 0 Å². The summed E-state index contributed by atoms with van der Waals surface area (Å²) in [6.07, 6.45) is 0.